The predicted molar refractivity (Wildman–Crippen MR) is 100 cm³/mol. The molecular weight excluding hydrogens is 345 g/mol. The maximum Gasteiger partial charge on any atom is 0.248 e. The minimum atomic E-state index is -0.578. The Labute approximate surface area is 155 Å². The lowest BCUT2D eigenvalue weighted by Crippen LogP contribution is -2.31. The Morgan fingerprint density at radius 1 is 1.19 bits per heavy atom. The summed E-state index contributed by atoms with van der Waals surface area (Å²) in [7, 11) is 0. The molecule has 3 aromatic rings. The zero-order chi connectivity index (χ0) is 19.1. The van der Waals surface area contributed by atoms with Crippen LogP contribution in [0.4, 0.5) is 10.3 Å². The molecule has 0 unspecified atom stereocenters. The van der Waals surface area contributed by atoms with Gasteiger partial charge in [-0.25, -0.2) is 9.07 Å². The predicted octanol–water partition coefficient (Wildman–Crippen LogP) is 3.17. The van der Waals surface area contributed by atoms with Crippen LogP contribution >= 0.6 is 0 Å². The molecule has 0 bridgehead atoms. The molecule has 27 heavy (non-hydrogen) atoms. The van der Waals surface area contributed by atoms with Crippen molar-refractivity contribution in [2.75, 3.05) is 5.32 Å². The van der Waals surface area contributed by atoms with E-state index in [-0.39, 0.29) is 5.82 Å². The number of aromatic nitrogens is 3. The van der Waals surface area contributed by atoms with Crippen LogP contribution in [-0.4, -0.2) is 20.7 Å². The maximum absolute atomic E-state index is 13.4. The number of hydrogen-bond acceptors (Lipinski definition) is 4. The van der Waals surface area contributed by atoms with E-state index in [4.69, 9.17) is 5.73 Å². The fourth-order valence-corrected chi connectivity index (χ4v) is 3.33. The van der Waals surface area contributed by atoms with Gasteiger partial charge in [0.15, 0.2) is 5.82 Å². The third kappa shape index (κ3) is 2.97. The number of allylic oxidation sites excluding steroid dienone is 1. The van der Waals surface area contributed by atoms with Crippen molar-refractivity contribution in [1.82, 2.24) is 14.8 Å². The molecular formula is C20H18FN5O. The normalized spacial score (nSPS) is 16.0. The first-order valence-corrected chi connectivity index (χ1v) is 8.50. The number of halogens is 1. The molecule has 0 spiro atoms. The van der Waals surface area contributed by atoms with Crippen LogP contribution in [0, 0.1) is 12.7 Å². The number of benzene rings is 2. The van der Waals surface area contributed by atoms with E-state index in [0.29, 0.717) is 28.6 Å². The lowest BCUT2D eigenvalue weighted by Gasteiger charge is -2.27. The van der Waals surface area contributed by atoms with Crippen LogP contribution < -0.4 is 11.1 Å². The van der Waals surface area contributed by atoms with Gasteiger partial charge in [-0.1, -0.05) is 35.9 Å². The molecule has 0 saturated heterocycles. The smallest absolute Gasteiger partial charge is 0.248 e. The Bertz CT molecular complexity index is 1070. The van der Waals surface area contributed by atoms with Crippen molar-refractivity contribution >= 4 is 11.9 Å². The van der Waals surface area contributed by atoms with Crippen LogP contribution in [0.15, 0.2) is 59.8 Å². The molecule has 1 aromatic heterocycles. The zero-order valence-corrected chi connectivity index (χ0v) is 14.9. The maximum atomic E-state index is 13.4. The van der Waals surface area contributed by atoms with E-state index in [1.165, 1.54) is 12.1 Å². The second-order valence-corrected chi connectivity index (χ2v) is 6.56. The van der Waals surface area contributed by atoms with Gasteiger partial charge < -0.3 is 11.1 Å². The highest BCUT2D eigenvalue weighted by atomic mass is 19.1. The van der Waals surface area contributed by atoms with Crippen LogP contribution in [0.25, 0.3) is 11.4 Å². The van der Waals surface area contributed by atoms with Crippen LogP contribution in [0.1, 0.15) is 24.1 Å². The van der Waals surface area contributed by atoms with E-state index in [9.17, 15) is 9.18 Å². The van der Waals surface area contributed by atoms with Gasteiger partial charge in [0.25, 0.3) is 0 Å². The lowest BCUT2D eigenvalue weighted by atomic mass is 9.95. The molecule has 4 rings (SSSR count). The van der Waals surface area contributed by atoms with Crippen molar-refractivity contribution in [2.45, 2.75) is 19.9 Å². The summed E-state index contributed by atoms with van der Waals surface area (Å²) in [4.78, 5) is 16.7. The van der Waals surface area contributed by atoms with E-state index < -0.39 is 11.9 Å². The van der Waals surface area contributed by atoms with Gasteiger partial charge in [0.1, 0.15) is 11.9 Å². The molecule has 3 N–H and O–H groups in total. The number of primary amides is 1. The molecule has 0 aliphatic carbocycles. The third-order valence-electron chi connectivity index (χ3n) is 4.58. The highest BCUT2D eigenvalue weighted by Crippen LogP contribution is 2.36. The van der Waals surface area contributed by atoms with E-state index >= 15 is 0 Å². The largest absolute Gasteiger partial charge is 0.366 e. The number of aryl methyl sites for hydroxylation is 1. The number of nitrogens with two attached hydrogens (primary N) is 1. The topological polar surface area (TPSA) is 85.8 Å². The minimum absolute atomic E-state index is 0.353. The summed E-state index contributed by atoms with van der Waals surface area (Å²) < 4.78 is 15.0. The Morgan fingerprint density at radius 2 is 1.93 bits per heavy atom. The first-order valence-electron chi connectivity index (χ1n) is 8.50. The summed E-state index contributed by atoms with van der Waals surface area (Å²) in [6.45, 7) is 3.76. The number of rotatable bonds is 3. The van der Waals surface area contributed by atoms with Crippen LogP contribution in [-0.2, 0) is 4.79 Å². The quantitative estimate of drug-likeness (QED) is 0.748. The van der Waals surface area contributed by atoms with Gasteiger partial charge in [0, 0.05) is 11.3 Å². The molecule has 7 heteroatoms. The molecule has 1 amide bonds. The fraction of sp³-hybridized carbons (Fsp3) is 0.150. The van der Waals surface area contributed by atoms with Crippen molar-refractivity contribution in [3.63, 3.8) is 0 Å². The molecule has 2 aromatic carbocycles. The number of anilines is 1. The van der Waals surface area contributed by atoms with Gasteiger partial charge in [-0.3, -0.25) is 4.79 Å². The molecule has 1 atom stereocenters. The summed E-state index contributed by atoms with van der Waals surface area (Å²) in [5, 5.41) is 7.72. The number of amides is 1. The van der Waals surface area contributed by atoms with Gasteiger partial charge in [0.2, 0.25) is 11.9 Å². The van der Waals surface area contributed by atoms with Crippen molar-refractivity contribution < 1.29 is 9.18 Å². The highest BCUT2D eigenvalue weighted by molar-refractivity contribution is 5.95. The Morgan fingerprint density at radius 3 is 2.59 bits per heavy atom. The van der Waals surface area contributed by atoms with Crippen molar-refractivity contribution in [3.05, 3.63) is 76.7 Å². The van der Waals surface area contributed by atoms with Crippen molar-refractivity contribution in [3.8, 4) is 11.4 Å². The van der Waals surface area contributed by atoms with E-state index in [2.05, 4.69) is 15.4 Å². The van der Waals surface area contributed by atoms with Gasteiger partial charge in [-0.15, -0.1) is 5.10 Å². The van der Waals surface area contributed by atoms with E-state index in [0.717, 1.165) is 11.1 Å². The molecule has 0 fully saturated rings. The fourth-order valence-electron chi connectivity index (χ4n) is 3.33. The Balaban J connectivity index is 1.88. The number of nitrogens with zero attached hydrogens (tertiary/aromatic N) is 3. The molecule has 2 heterocycles. The van der Waals surface area contributed by atoms with E-state index in [1.54, 1.807) is 23.7 Å². The van der Waals surface area contributed by atoms with Crippen molar-refractivity contribution in [1.29, 1.82) is 0 Å². The van der Waals surface area contributed by atoms with Gasteiger partial charge in [-0.05, 0) is 37.6 Å². The summed E-state index contributed by atoms with van der Waals surface area (Å²) in [5.41, 5.74) is 9.28. The summed E-state index contributed by atoms with van der Waals surface area (Å²) >= 11 is 0. The number of carbonyl (C=O) groups excluding carboxylic acids is 1. The standard InChI is InChI=1S/C20H18FN5O/c1-11-4-3-5-14(10-11)19-24-20-23-12(2)16(18(22)27)17(26(20)25-19)13-6-8-15(21)9-7-13/h3-10,17H,1-2H3,(H2,22,27)(H,23,24,25)/t17-/m1/s1. The Hall–Kier alpha value is -3.48. The van der Waals surface area contributed by atoms with Crippen LogP contribution in [0.3, 0.4) is 0 Å². The molecule has 6 nitrogen and oxygen atoms in total. The van der Waals surface area contributed by atoms with Crippen molar-refractivity contribution in [2.24, 2.45) is 5.73 Å². The summed E-state index contributed by atoms with van der Waals surface area (Å²) in [6, 6.07) is 13.2. The number of nitrogens with one attached hydrogen (secondary N) is 1. The van der Waals surface area contributed by atoms with Crippen LogP contribution in [0.5, 0.6) is 0 Å². The van der Waals surface area contributed by atoms with E-state index in [1.807, 2.05) is 31.2 Å². The molecule has 136 valence electrons. The minimum Gasteiger partial charge on any atom is -0.366 e. The summed E-state index contributed by atoms with van der Waals surface area (Å²) in [6.07, 6.45) is 0. The first kappa shape index (κ1) is 17.0. The SMILES string of the molecule is CC1=C(C(N)=O)[C@@H](c2ccc(F)cc2)n2nc(-c3cccc(C)c3)nc2N1. The molecule has 0 radical (unpaired) electrons. The summed E-state index contributed by atoms with van der Waals surface area (Å²) in [5.74, 6) is 0.121. The van der Waals surface area contributed by atoms with Gasteiger partial charge in [-0.2, -0.15) is 4.98 Å². The third-order valence-corrected chi connectivity index (χ3v) is 4.58. The number of fused-ring (bicyclic) bond motifs is 1. The highest BCUT2D eigenvalue weighted by Gasteiger charge is 2.33. The average molecular weight is 363 g/mol. The molecule has 1 aliphatic rings. The second-order valence-electron chi connectivity index (χ2n) is 6.56. The van der Waals surface area contributed by atoms with Gasteiger partial charge in [0.05, 0.1) is 5.57 Å². The lowest BCUT2D eigenvalue weighted by molar-refractivity contribution is -0.115. The molecule has 0 saturated carbocycles. The molecule has 1 aliphatic heterocycles. The van der Waals surface area contributed by atoms with Gasteiger partial charge >= 0.3 is 0 Å². The zero-order valence-electron chi connectivity index (χ0n) is 14.9. The number of hydrogen-bond donors (Lipinski definition) is 2. The second kappa shape index (κ2) is 6.35. The Kier molecular flexibility index (Phi) is 3.99. The van der Waals surface area contributed by atoms with Crippen LogP contribution in [0.2, 0.25) is 0 Å². The first-order chi connectivity index (χ1) is 12.9. The average Bonchev–Trinajstić information content (AvgIpc) is 3.04. The monoisotopic (exact) mass is 363 g/mol. The number of carbonyl (C=O) groups is 1.